The van der Waals surface area contributed by atoms with Crippen molar-refractivity contribution in [3.63, 3.8) is 0 Å². The van der Waals surface area contributed by atoms with Crippen LogP contribution in [0.3, 0.4) is 0 Å². The Morgan fingerprint density at radius 3 is 3.12 bits per heavy atom. The molecule has 2 rings (SSSR count). The lowest BCUT2D eigenvalue weighted by Gasteiger charge is -2.07. The molecule has 0 radical (unpaired) electrons. The number of carbonyl (C=O) groups is 1. The number of carbonyl (C=O) groups excluding carboxylic acids is 1. The summed E-state index contributed by atoms with van der Waals surface area (Å²) in [7, 11) is 0. The molecule has 7 heteroatoms. The Morgan fingerprint density at radius 2 is 2.47 bits per heavy atom. The molecule has 1 aromatic rings. The topological polar surface area (TPSA) is 82.8 Å². The van der Waals surface area contributed by atoms with Crippen molar-refractivity contribution in [1.82, 2.24) is 9.88 Å². The number of hydrogen-bond acceptors (Lipinski definition) is 2. The molecule has 0 bridgehead atoms. The Kier molecular flexibility index (Phi) is 3.71. The van der Waals surface area contributed by atoms with Crippen LogP contribution in [0.2, 0.25) is 0 Å². The number of azide groups is 1. The molecule has 1 N–H and O–H groups in total. The van der Waals surface area contributed by atoms with E-state index >= 15 is 0 Å². The largest absolute Gasteiger partial charge is 0.351 e. The Bertz CT molecular complexity index is 473. The van der Waals surface area contributed by atoms with Crippen molar-refractivity contribution in [2.24, 2.45) is 5.11 Å². The average Bonchev–Trinajstić information content (AvgIpc) is 3.08. The van der Waals surface area contributed by atoms with Crippen molar-refractivity contribution in [2.75, 3.05) is 13.1 Å². The highest BCUT2D eigenvalue weighted by atomic mass is 79.9. The summed E-state index contributed by atoms with van der Waals surface area (Å²) in [6, 6.07) is 2.26. The first-order valence-corrected chi connectivity index (χ1v) is 6.18. The number of amides is 1. The highest BCUT2D eigenvalue weighted by Gasteiger charge is 2.27. The van der Waals surface area contributed by atoms with Crippen LogP contribution in [0.25, 0.3) is 10.4 Å². The maximum atomic E-state index is 11.9. The monoisotopic (exact) mass is 297 g/mol. The van der Waals surface area contributed by atoms with Crippen molar-refractivity contribution < 1.29 is 4.79 Å². The quantitative estimate of drug-likeness (QED) is 0.385. The van der Waals surface area contributed by atoms with E-state index in [1.54, 1.807) is 6.07 Å². The fraction of sp³-hybridized carbons (Fsp3) is 0.500. The SMILES string of the molecule is [N-]=[N+]=NCCNC(=O)c1cc(Br)cn1C1CC1. The van der Waals surface area contributed by atoms with Crippen LogP contribution in [0.1, 0.15) is 29.4 Å². The van der Waals surface area contributed by atoms with Gasteiger partial charge in [0.1, 0.15) is 5.69 Å². The molecular weight excluding hydrogens is 286 g/mol. The van der Waals surface area contributed by atoms with Gasteiger partial charge in [-0.05, 0) is 40.4 Å². The maximum absolute atomic E-state index is 11.9. The standard InChI is InChI=1S/C10H12BrN5O/c11-7-5-9(16(6-7)8-1-2-8)10(17)13-3-4-14-15-12/h5-6,8H,1-4H2,(H,13,17). The number of nitrogens with one attached hydrogen (secondary N) is 1. The van der Waals surface area contributed by atoms with Gasteiger partial charge in [-0.15, -0.1) is 0 Å². The normalized spacial score (nSPS) is 14.2. The van der Waals surface area contributed by atoms with E-state index in [-0.39, 0.29) is 12.5 Å². The summed E-state index contributed by atoms with van der Waals surface area (Å²) in [5.74, 6) is -0.129. The van der Waals surface area contributed by atoms with Crippen LogP contribution in [0, 0.1) is 0 Å². The van der Waals surface area contributed by atoms with Gasteiger partial charge in [-0.2, -0.15) is 0 Å². The van der Waals surface area contributed by atoms with Crippen molar-refractivity contribution in [1.29, 1.82) is 0 Å². The Balaban J connectivity index is 2.00. The molecule has 1 heterocycles. The zero-order valence-electron chi connectivity index (χ0n) is 9.14. The van der Waals surface area contributed by atoms with E-state index in [2.05, 4.69) is 31.3 Å². The van der Waals surface area contributed by atoms with Crippen LogP contribution in [0.15, 0.2) is 21.9 Å². The molecule has 17 heavy (non-hydrogen) atoms. The third kappa shape index (κ3) is 3.01. The van der Waals surface area contributed by atoms with Gasteiger partial charge in [-0.3, -0.25) is 4.79 Å². The summed E-state index contributed by atoms with van der Waals surface area (Å²) >= 11 is 3.37. The van der Waals surface area contributed by atoms with Crippen LogP contribution in [-0.2, 0) is 0 Å². The average molecular weight is 298 g/mol. The Morgan fingerprint density at radius 1 is 1.71 bits per heavy atom. The fourth-order valence-corrected chi connectivity index (χ4v) is 2.07. The van der Waals surface area contributed by atoms with E-state index in [9.17, 15) is 4.79 Å². The summed E-state index contributed by atoms with van der Waals surface area (Å²) in [5.41, 5.74) is 8.77. The van der Waals surface area contributed by atoms with Gasteiger partial charge in [-0.25, -0.2) is 0 Å². The number of hydrogen-bond donors (Lipinski definition) is 1. The van der Waals surface area contributed by atoms with Crippen LogP contribution in [0.5, 0.6) is 0 Å². The van der Waals surface area contributed by atoms with Gasteiger partial charge in [0.2, 0.25) is 0 Å². The molecule has 1 saturated carbocycles. The van der Waals surface area contributed by atoms with Gasteiger partial charge < -0.3 is 9.88 Å². The lowest BCUT2D eigenvalue weighted by Crippen LogP contribution is -2.27. The zero-order valence-corrected chi connectivity index (χ0v) is 10.7. The second-order valence-electron chi connectivity index (χ2n) is 3.89. The molecule has 0 spiro atoms. The fourth-order valence-electron chi connectivity index (χ4n) is 1.64. The van der Waals surface area contributed by atoms with Crippen LogP contribution in [-0.4, -0.2) is 23.6 Å². The molecule has 6 nitrogen and oxygen atoms in total. The third-order valence-electron chi connectivity index (χ3n) is 2.55. The van der Waals surface area contributed by atoms with Crippen LogP contribution < -0.4 is 5.32 Å². The van der Waals surface area contributed by atoms with E-state index in [1.165, 1.54) is 0 Å². The first-order valence-electron chi connectivity index (χ1n) is 5.39. The number of halogens is 1. The molecule has 1 aliphatic rings. The number of aromatic nitrogens is 1. The first-order chi connectivity index (χ1) is 8.22. The van der Waals surface area contributed by atoms with Crippen LogP contribution in [0.4, 0.5) is 0 Å². The molecule has 90 valence electrons. The molecule has 0 saturated heterocycles. The second kappa shape index (κ2) is 5.25. The van der Waals surface area contributed by atoms with Crippen molar-refractivity contribution in [3.05, 3.63) is 32.9 Å². The van der Waals surface area contributed by atoms with E-state index in [1.807, 2.05) is 10.8 Å². The second-order valence-corrected chi connectivity index (χ2v) is 4.81. The zero-order chi connectivity index (χ0) is 12.3. The van der Waals surface area contributed by atoms with Crippen molar-refractivity contribution in [3.8, 4) is 0 Å². The minimum atomic E-state index is -0.129. The molecule has 1 amide bonds. The summed E-state index contributed by atoms with van der Waals surface area (Å²) in [5, 5.41) is 6.09. The van der Waals surface area contributed by atoms with Gasteiger partial charge in [-0.1, -0.05) is 5.11 Å². The lowest BCUT2D eigenvalue weighted by atomic mass is 10.4. The molecule has 0 aliphatic heterocycles. The summed E-state index contributed by atoms with van der Waals surface area (Å²) in [6.45, 7) is 0.629. The molecule has 0 unspecified atom stereocenters. The molecule has 1 aliphatic carbocycles. The molecule has 1 aromatic heterocycles. The minimum absolute atomic E-state index is 0.129. The molecule has 0 atom stereocenters. The van der Waals surface area contributed by atoms with Gasteiger partial charge in [0.05, 0.1) is 0 Å². The number of nitrogens with zero attached hydrogens (tertiary/aromatic N) is 4. The van der Waals surface area contributed by atoms with Crippen molar-refractivity contribution in [2.45, 2.75) is 18.9 Å². The van der Waals surface area contributed by atoms with Gasteiger partial charge in [0, 0.05) is 34.7 Å². The smallest absolute Gasteiger partial charge is 0.267 e. The molecule has 1 fully saturated rings. The Labute approximate surface area is 107 Å². The molecular formula is C10H12BrN5O. The summed E-state index contributed by atoms with van der Waals surface area (Å²) < 4.78 is 2.90. The van der Waals surface area contributed by atoms with Gasteiger partial charge >= 0.3 is 0 Å². The summed E-state index contributed by atoms with van der Waals surface area (Å²) in [4.78, 5) is 14.5. The van der Waals surface area contributed by atoms with E-state index in [0.717, 1.165) is 17.3 Å². The number of rotatable bonds is 5. The predicted octanol–water partition coefficient (Wildman–Crippen LogP) is 2.63. The maximum Gasteiger partial charge on any atom is 0.267 e. The van der Waals surface area contributed by atoms with E-state index in [4.69, 9.17) is 5.53 Å². The Hall–Kier alpha value is -1.46. The van der Waals surface area contributed by atoms with Crippen LogP contribution >= 0.6 is 15.9 Å². The van der Waals surface area contributed by atoms with Gasteiger partial charge in [0.15, 0.2) is 0 Å². The van der Waals surface area contributed by atoms with E-state index < -0.39 is 0 Å². The molecule has 0 aromatic carbocycles. The predicted molar refractivity (Wildman–Crippen MR) is 66.7 cm³/mol. The summed E-state index contributed by atoms with van der Waals surface area (Å²) in [6.07, 6.45) is 4.18. The lowest BCUT2D eigenvalue weighted by molar-refractivity contribution is 0.0945. The van der Waals surface area contributed by atoms with E-state index in [0.29, 0.717) is 18.3 Å². The van der Waals surface area contributed by atoms with Crippen molar-refractivity contribution >= 4 is 21.8 Å². The first kappa shape index (κ1) is 12.0. The highest BCUT2D eigenvalue weighted by Crippen LogP contribution is 2.37. The van der Waals surface area contributed by atoms with Gasteiger partial charge in [0.25, 0.3) is 5.91 Å². The minimum Gasteiger partial charge on any atom is -0.351 e. The third-order valence-corrected chi connectivity index (χ3v) is 2.98. The highest BCUT2D eigenvalue weighted by molar-refractivity contribution is 9.10.